The largest absolute Gasteiger partial charge is 0.435 e. The fraction of sp³-hybridized carbons (Fsp3) is 0.292. The summed E-state index contributed by atoms with van der Waals surface area (Å²) in [6.45, 7) is 4.19. The van der Waals surface area contributed by atoms with E-state index in [1.807, 2.05) is 30.4 Å². The van der Waals surface area contributed by atoms with Crippen LogP contribution >= 0.6 is 0 Å². The third kappa shape index (κ3) is 6.86. The Labute approximate surface area is 186 Å². The summed E-state index contributed by atoms with van der Waals surface area (Å²) >= 11 is 0. The van der Waals surface area contributed by atoms with E-state index in [2.05, 4.69) is 23.9 Å². The van der Waals surface area contributed by atoms with E-state index in [4.69, 9.17) is 11.0 Å². The molecule has 8 nitrogen and oxygen atoms in total. The smallest absolute Gasteiger partial charge is 0.405 e. The number of nitrogens with one attached hydrogen (secondary N) is 1. The van der Waals surface area contributed by atoms with Crippen LogP contribution in [0.15, 0.2) is 53.1 Å². The van der Waals surface area contributed by atoms with Crippen LogP contribution in [0.5, 0.6) is 0 Å². The van der Waals surface area contributed by atoms with Crippen LogP contribution in [0.3, 0.4) is 0 Å². The van der Waals surface area contributed by atoms with Gasteiger partial charge in [0.2, 0.25) is 0 Å². The van der Waals surface area contributed by atoms with Gasteiger partial charge in [-0.15, -0.1) is 0 Å². The number of hydrogen-bond acceptors (Lipinski definition) is 6. The second-order valence-corrected chi connectivity index (χ2v) is 8.09. The number of benzene rings is 1. The van der Waals surface area contributed by atoms with E-state index in [0.29, 0.717) is 12.1 Å². The Morgan fingerprint density at radius 3 is 2.38 bits per heavy atom. The Bertz CT molecular complexity index is 1090. The molecule has 32 heavy (non-hydrogen) atoms. The topological polar surface area (TPSA) is 153 Å². The first-order chi connectivity index (χ1) is 15.2. The Morgan fingerprint density at radius 1 is 1.16 bits per heavy atom. The van der Waals surface area contributed by atoms with Crippen LogP contribution in [-0.2, 0) is 9.53 Å². The lowest BCUT2D eigenvalue weighted by Crippen LogP contribution is -2.34. The predicted molar refractivity (Wildman–Crippen MR) is 118 cm³/mol. The summed E-state index contributed by atoms with van der Waals surface area (Å²) in [7, 11) is 0. The number of hydrogen-bond donors (Lipinski definition) is 2. The minimum Gasteiger partial charge on any atom is -0.435 e. The average molecular weight is 429 g/mol. The molecule has 2 amide bonds. The Hall–Kier alpha value is -4.35. The monoisotopic (exact) mass is 429 g/mol. The molecule has 162 valence electrons. The zero-order valence-electron chi connectivity index (χ0n) is 17.9. The van der Waals surface area contributed by atoms with E-state index in [1.165, 1.54) is 0 Å². The number of primary amides is 1. The molecular formula is C24H23N5O3. The summed E-state index contributed by atoms with van der Waals surface area (Å²) in [4.78, 5) is 23.1. The fourth-order valence-corrected chi connectivity index (χ4v) is 3.41. The van der Waals surface area contributed by atoms with E-state index in [-0.39, 0.29) is 17.4 Å². The molecule has 1 aliphatic rings. The maximum atomic E-state index is 12.2. The van der Waals surface area contributed by atoms with E-state index >= 15 is 0 Å². The normalized spacial score (nSPS) is 15.5. The number of carbonyl (C=O) groups excluding carboxylic acids is 2. The van der Waals surface area contributed by atoms with Gasteiger partial charge in [-0.2, -0.15) is 15.8 Å². The molecule has 0 spiro atoms. The van der Waals surface area contributed by atoms with E-state index in [1.54, 1.807) is 30.3 Å². The lowest BCUT2D eigenvalue weighted by molar-refractivity contribution is -0.123. The molecule has 0 saturated carbocycles. The molecule has 1 aliphatic carbocycles. The number of allylic oxidation sites excluding steroid dienone is 5. The van der Waals surface area contributed by atoms with Crippen molar-refractivity contribution in [2.75, 3.05) is 5.32 Å². The van der Waals surface area contributed by atoms with E-state index in [0.717, 1.165) is 23.1 Å². The number of nitrogens with two attached hydrogens (primary N) is 1. The fourth-order valence-electron chi connectivity index (χ4n) is 3.41. The lowest BCUT2D eigenvalue weighted by atomic mass is 9.74. The number of nitrogens with zero attached hydrogens (tertiary/aromatic N) is 3. The highest BCUT2D eigenvalue weighted by Crippen LogP contribution is 2.39. The summed E-state index contributed by atoms with van der Waals surface area (Å²) in [6, 6.07) is 12.6. The SMILES string of the molecule is CC1(C)CC(/C=C/c2ccc(NC(=O)C(CC#N)OC(N)=O)cc2)=CC(=C(C#N)C#N)C1. The van der Waals surface area contributed by atoms with Crippen LogP contribution in [0.1, 0.15) is 38.7 Å². The molecule has 2 rings (SSSR count). The molecule has 0 bridgehead atoms. The van der Waals surface area contributed by atoms with Crippen molar-refractivity contribution in [3.05, 3.63) is 58.7 Å². The molecule has 0 aliphatic heterocycles. The van der Waals surface area contributed by atoms with Crippen LogP contribution in [-0.4, -0.2) is 18.1 Å². The summed E-state index contributed by atoms with van der Waals surface area (Å²) < 4.78 is 4.66. The highest BCUT2D eigenvalue weighted by atomic mass is 16.6. The zero-order valence-corrected chi connectivity index (χ0v) is 17.9. The van der Waals surface area contributed by atoms with Gasteiger partial charge in [0.15, 0.2) is 6.10 Å². The molecule has 1 atom stereocenters. The summed E-state index contributed by atoms with van der Waals surface area (Å²) in [5.41, 5.74) is 8.11. The third-order valence-electron chi connectivity index (χ3n) is 4.75. The number of nitriles is 3. The summed E-state index contributed by atoms with van der Waals surface area (Å²) in [5, 5.41) is 29.7. The predicted octanol–water partition coefficient (Wildman–Crippen LogP) is 4.11. The molecule has 1 aromatic rings. The molecule has 0 radical (unpaired) electrons. The molecule has 3 N–H and O–H groups in total. The van der Waals surface area contributed by atoms with E-state index in [9.17, 15) is 20.1 Å². The van der Waals surface area contributed by atoms with Crippen molar-refractivity contribution >= 4 is 23.8 Å². The molecule has 0 saturated heterocycles. The van der Waals surface area contributed by atoms with Crippen LogP contribution in [0, 0.1) is 39.4 Å². The first kappa shape index (κ1) is 23.9. The number of anilines is 1. The number of amides is 2. The van der Waals surface area contributed by atoms with Crippen LogP contribution < -0.4 is 11.1 Å². The summed E-state index contributed by atoms with van der Waals surface area (Å²) in [5.74, 6) is -0.645. The third-order valence-corrected chi connectivity index (χ3v) is 4.75. The quantitative estimate of drug-likeness (QED) is 0.649. The number of rotatable bonds is 6. The van der Waals surface area contributed by atoms with Gasteiger partial charge in [0.1, 0.15) is 17.7 Å². The first-order valence-electron chi connectivity index (χ1n) is 9.83. The minimum atomic E-state index is -1.28. The van der Waals surface area contributed by atoms with Gasteiger partial charge in [-0.05, 0) is 47.1 Å². The van der Waals surface area contributed by atoms with Crippen LogP contribution in [0.25, 0.3) is 6.08 Å². The molecule has 0 fully saturated rings. The first-order valence-corrected chi connectivity index (χ1v) is 9.83. The lowest BCUT2D eigenvalue weighted by Gasteiger charge is -2.30. The van der Waals surface area contributed by atoms with Crippen LogP contribution in [0.2, 0.25) is 0 Å². The van der Waals surface area contributed by atoms with Gasteiger partial charge < -0.3 is 15.8 Å². The minimum absolute atomic E-state index is 0.0657. The zero-order chi connectivity index (χ0) is 23.7. The van der Waals surface area contributed by atoms with Crippen molar-refractivity contribution in [3.63, 3.8) is 0 Å². The van der Waals surface area contributed by atoms with Crippen molar-refractivity contribution in [2.45, 2.75) is 39.2 Å². The highest BCUT2D eigenvalue weighted by molar-refractivity contribution is 5.95. The average Bonchev–Trinajstić information content (AvgIpc) is 2.72. The van der Waals surface area contributed by atoms with Crippen molar-refractivity contribution in [1.82, 2.24) is 0 Å². The van der Waals surface area contributed by atoms with Crippen molar-refractivity contribution < 1.29 is 14.3 Å². The number of carbonyl (C=O) groups is 2. The second kappa shape index (κ2) is 10.6. The van der Waals surface area contributed by atoms with E-state index < -0.39 is 18.1 Å². The van der Waals surface area contributed by atoms with Gasteiger partial charge in [-0.25, -0.2) is 4.79 Å². The molecule has 8 heteroatoms. The van der Waals surface area contributed by atoms with Gasteiger partial charge in [-0.1, -0.05) is 44.2 Å². The van der Waals surface area contributed by atoms with Crippen LogP contribution in [0.4, 0.5) is 10.5 Å². The van der Waals surface area contributed by atoms with Gasteiger partial charge in [0, 0.05) is 5.69 Å². The maximum Gasteiger partial charge on any atom is 0.405 e. The van der Waals surface area contributed by atoms with Gasteiger partial charge in [0.25, 0.3) is 5.91 Å². The van der Waals surface area contributed by atoms with Gasteiger partial charge in [-0.3, -0.25) is 4.79 Å². The van der Waals surface area contributed by atoms with Gasteiger partial charge >= 0.3 is 6.09 Å². The molecule has 0 heterocycles. The molecular weight excluding hydrogens is 406 g/mol. The van der Waals surface area contributed by atoms with Crippen molar-refractivity contribution in [1.29, 1.82) is 15.8 Å². The molecule has 0 aromatic heterocycles. The number of ether oxygens (including phenoxy) is 1. The summed E-state index contributed by atoms with van der Waals surface area (Å²) in [6.07, 6.45) is 4.51. The van der Waals surface area contributed by atoms with Gasteiger partial charge in [0.05, 0.1) is 12.5 Å². The van der Waals surface area contributed by atoms with Crippen molar-refractivity contribution in [2.24, 2.45) is 11.1 Å². The standard InChI is InChI=1S/C24H23N5O3/c1-24(2)12-17(11-18(13-24)19(14-26)15-27)4-3-16-5-7-20(8-6-16)29-22(30)21(9-10-25)32-23(28)31/h3-8,11,21H,9,12-13H2,1-2H3,(H2,28,31)(H,29,30)/b4-3+. The highest BCUT2D eigenvalue weighted by Gasteiger charge is 2.26. The Kier molecular flexibility index (Phi) is 7.93. The van der Waals surface area contributed by atoms with Crippen molar-refractivity contribution in [3.8, 4) is 18.2 Å². The Balaban J connectivity index is 2.13. The molecule has 1 unspecified atom stereocenters. The second-order valence-electron chi connectivity index (χ2n) is 8.09. The Morgan fingerprint density at radius 2 is 1.81 bits per heavy atom. The molecule has 1 aromatic carbocycles. The maximum absolute atomic E-state index is 12.2.